The van der Waals surface area contributed by atoms with Gasteiger partial charge >= 0.3 is 0 Å². The van der Waals surface area contributed by atoms with Crippen molar-refractivity contribution in [2.75, 3.05) is 13.1 Å². The highest BCUT2D eigenvalue weighted by Gasteiger charge is 2.34. The Hall–Kier alpha value is -1.80. The smallest absolute Gasteiger partial charge is 0.126 e. The first-order chi connectivity index (χ1) is 11.1. The third-order valence-electron chi connectivity index (χ3n) is 4.54. The Morgan fingerprint density at radius 2 is 1.78 bits per heavy atom. The number of hydrogen-bond acceptors (Lipinski definition) is 1. The van der Waals surface area contributed by atoms with E-state index in [0.717, 1.165) is 24.1 Å². The quantitative estimate of drug-likeness (QED) is 0.726. The van der Waals surface area contributed by atoms with Gasteiger partial charge in [0.25, 0.3) is 0 Å². The summed E-state index contributed by atoms with van der Waals surface area (Å²) in [7, 11) is 0. The largest absolute Gasteiger partial charge is 0.372 e. The molecule has 0 aliphatic carbocycles. The van der Waals surface area contributed by atoms with E-state index in [1.807, 2.05) is 42.5 Å². The lowest BCUT2D eigenvalue weighted by atomic mass is 9.97. The minimum Gasteiger partial charge on any atom is -0.372 e. The van der Waals surface area contributed by atoms with Crippen LogP contribution in [0.1, 0.15) is 23.5 Å². The Kier molecular flexibility index (Phi) is 5.02. The maximum absolute atomic E-state index is 14.4. The van der Waals surface area contributed by atoms with Crippen molar-refractivity contribution in [3.8, 4) is 0 Å². The van der Waals surface area contributed by atoms with Crippen LogP contribution < -0.4 is 0 Å². The topological polar surface area (TPSA) is 3.24 Å². The molecule has 2 aromatic carbocycles. The van der Waals surface area contributed by atoms with Gasteiger partial charge in [-0.3, -0.25) is 0 Å². The van der Waals surface area contributed by atoms with Crippen LogP contribution >= 0.6 is 11.6 Å². The molecule has 0 amide bonds. The Labute approximate surface area is 142 Å². The van der Waals surface area contributed by atoms with E-state index in [9.17, 15) is 4.39 Å². The molecule has 0 N–H and O–H groups in total. The SMILES string of the molecule is C=C(CCc1ccccc1)N1CC(F)C(c2ccc(Cl)cc2)C1. The van der Waals surface area contributed by atoms with Crippen LogP contribution in [0.2, 0.25) is 5.02 Å². The summed E-state index contributed by atoms with van der Waals surface area (Å²) in [6.07, 6.45) is 0.952. The third-order valence-corrected chi connectivity index (χ3v) is 4.79. The van der Waals surface area contributed by atoms with Crippen LogP contribution in [-0.2, 0) is 6.42 Å². The number of likely N-dealkylation sites (tertiary alicyclic amines) is 1. The lowest BCUT2D eigenvalue weighted by Crippen LogP contribution is -2.20. The van der Waals surface area contributed by atoms with Crippen LogP contribution in [0, 0.1) is 0 Å². The van der Waals surface area contributed by atoms with E-state index in [1.165, 1.54) is 5.56 Å². The highest BCUT2D eigenvalue weighted by Crippen LogP contribution is 2.33. The van der Waals surface area contributed by atoms with E-state index >= 15 is 0 Å². The van der Waals surface area contributed by atoms with Gasteiger partial charge in [0.15, 0.2) is 0 Å². The van der Waals surface area contributed by atoms with Crippen LogP contribution in [0.15, 0.2) is 66.9 Å². The standard InChI is InChI=1S/C20H21ClFN/c1-15(7-8-16-5-3-2-4-6-16)23-13-19(20(22)14-23)17-9-11-18(21)12-10-17/h2-6,9-12,19-20H,1,7-8,13-14H2. The second-order valence-electron chi connectivity index (χ2n) is 6.13. The number of aryl methyl sites for hydroxylation is 1. The fraction of sp³-hybridized carbons (Fsp3) is 0.300. The zero-order valence-electron chi connectivity index (χ0n) is 13.1. The molecule has 2 atom stereocenters. The van der Waals surface area contributed by atoms with Gasteiger partial charge in [-0.2, -0.15) is 0 Å². The van der Waals surface area contributed by atoms with Gasteiger partial charge in [0.1, 0.15) is 6.17 Å². The normalized spacial score (nSPS) is 20.7. The van der Waals surface area contributed by atoms with Crippen molar-refractivity contribution in [2.24, 2.45) is 0 Å². The van der Waals surface area contributed by atoms with Crippen molar-refractivity contribution in [3.05, 3.63) is 83.0 Å². The molecule has 0 saturated carbocycles. The van der Waals surface area contributed by atoms with Gasteiger partial charge in [-0.15, -0.1) is 0 Å². The molecule has 2 aromatic rings. The molecule has 3 heteroatoms. The molecule has 1 aliphatic rings. The fourth-order valence-electron chi connectivity index (χ4n) is 3.14. The number of rotatable bonds is 5. The Bertz CT molecular complexity index is 653. The second kappa shape index (κ2) is 7.18. The van der Waals surface area contributed by atoms with Gasteiger partial charge in [0, 0.05) is 29.7 Å². The number of halogens is 2. The van der Waals surface area contributed by atoms with Gasteiger partial charge in [0.2, 0.25) is 0 Å². The number of benzene rings is 2. The summed E-state index contributed by atoms with van der Waals surface area (Å²) in [6.45, 7) is 5.29. The molecule has 3 rings (SSSR count). The molecule has 1 aliphatic heterocycles. The van der Waals surface area contributed by atoms with Gasteiger partial charge in [-0.25, -0.2) is 4.39 Å². The minimum absolute atomic E-state index is 0.0965. The molecule has 0 aromatic heterocycles. The van der Waals surface area contributed by atoms with Crippen molar-refractivity contribution in [1.82, 2.24) is 4.90 Å². The lowest BCUT2D eigenvalue weighted by Gasteiger charge is -2.21. The highest BCUT2D eigenvalue weighted by atomic mass is 35.5. The monoisotopic (exact) mass is 329 g/mol. The molecular weight excluding hydrogens is 309 g/mol. The van der Waals surface area contributed by atoms with Crippen LogP contribution in [-0.4, -0.2) is 24.2 Å². The zero-order chi connectivity index (χ0) is 16.2. The van der Waals surface area contributed by atoms with Gasteiger partial charge in [0.05, 0.1) is 0 Å². The third kappa shape index (κ3) is 3.94. The van der Waals surface area contributed by atoms with Gasteiger partial charge in [-0.05, 0) is 36.1 Å². The van der Waals surface area contributed by atoms with Crippen molar-refractivity contribution < 1.29 is 4.39 Å². The number of alkyl halides is 1. The molecule has 1 saturated heterocycles. The molecule has 120 valence electrons. The van der Waals surface area contributed by atoms with Crippen LogP contribution in [0.4, 0.5) is 4.39 Å². The maximum atomic E-state index is 14.4. The fourth-order valence-corrected chi connectivity index (χ4v) is 3.26. The van der Waals surface area contributed by atoms with E-state index < -0.39 is 6.17 Å². The van der Waals surface area contributed by atoms with Gasteiger partial charge in [-0.1, -0.05) is 60.6 Å². The summed E-state index contributed by atoms with van der Waals surface area (Å²) < 4.78 is 14.4. The van der Waals surface area contributed by atoms with Crippen LogP contribution in [0.5, 0.6) is 0 Å². The van der Waals surface area contributed by atoms with E-state index in [2.05, 4.69) is 23.6 Å². The number of nitrogens with zero attached hydrogens (tertiary/aromatic N) is 1. The Morgan fingerprint density at radius 3 is 2.48 bits per heavy atom. The van der Waals surface area contributed by atoms with Crippen molar-refractivity contribution in [3.63, 3.8) is 0 Å². The predicted molar refractivity (Wildman–Crippen MR) is 94.6 cm³/mol. The van der Waals surface area contributed by atoms with Crippen LogP contribution in [0.25, 0.3) is 0 Å². The van der Waals surface area contributed by atoms with Crippen molar-refractivity contribution in [2.45, 2.75) is 24.9 Å². The first kappa shape index (κ1) is 16.1. The highest BCUT2D eigenvalue weighted by molar-refractivity contribution is 6.30. The van der Waals surface area contributed by atoms with Crippen molar-refractivity contribution >= 4 is 11.6 Å². The van der Waals surface area contributed by atoms with E-state index in [4.69, 9.17) is 11.6 Å². The van der Waals surface area contributed by atoms with E-state index in [-0.39, 0.29) is 5.92 Å². The van der Waals surface area contributed by atoms with E-state index in [0.29, 0.717) is 18.1 Å². The molecule has 2 unspecified atom stereocenters. The summed E-state index contributed by atoms with van der Waals surface area (Å²) >= 11 is 5.92. The van der Waals surface area contributed by atoms with Crippen LogP contribution in [0.3, 0.4) is 0 Å². The summed E-state index contributed by atoms with van der Waals surface area (Å²) in [5.74, 6) is -0.0965. The average Bonchev–Trinajstić information content (AvgIpc) is 2.96. The molecule has 23 heavy (non-hydrogen) atoms. The first-order valence-electron chi connectivity index (χ1n) is 7.99. The summed E-state index contributed by atoms with van der Waals surface area (Å²) in [5, 5.41) is 0.686. The molecular formula is C20H21ClFN. The zero-order valence-corrected chi connectivity index (χ0v) is 13.8. The summed E-state index contributed by atoms with van der Waals surface area (Å²) in [4.78, 5) is 2.09. The molecule has 0 radical (unpaired) electrons. The predicted octanol–water partition coefficient (Wildman–Crippen LogP) is 5.22. The Balaban J connectivity index is 1.59. The first-order valence-corrected chi connectivity index (χ1v) is 8.37. The van der Waals surface area contributed by atoms with E-state index in [1.54, 1.807) is 0 Å². The average molecular weight is 330 g/mol. The molecule has 1 fully saturated rings. The van der Waals surface area contributed by atoms with Crippen molar-refractivity contribution in [1.29, 1.82) is 0 Å². The summed E-state index contributed by atoms with van der Waals surface area (Å²) in [6, 6.07) is 17.9. The molecule has 1 nitrogen and oxygen atoms in total. The molecule has 1 heterocycles. The molecule has 0 spiro atoms. The Morgan fingerprint density at radius 1 is 1.09 bits per heavy atom. The van der Waals surface area contributed by atoms with Gasteiger partial charge < -0.3 is 4.90 Å². The molecule has 0 bridgehead atoms. The number of hydrogen-bond donors (Lipinski definition) is 0. The second-order valence-corrected chi connectivity index (χ2v) is 6.57. The maximum Gasteiger partial charge on any atom is 0.126 e. The summed E-state index contributed by atoms with van der Waals surface area (Å²) in [5.41, 5.74) is 3.33. The minimum atomic E-state index is -0.857. The number of allylic oxidation sites excluding steroid dienone is 1. The lowest BCUT2D eigenvalue weighted by molar-refractivity contribution is 0.309.